The van der Waals surface area contributed by atoms with E-state index in [0.717, 1.165) is 30.2 Å². The van der Waals surface area contributed by atoms with E-state index in [9.17, 15) is 9.59 Å². The van der Waals surface area contributed by atoms with Gasteiger partial charge in [0.05, 0.1) is 0 Å². The van der Waals surface area contributed by atoms with Crippen molar-refractivity contribution in [2.45, 2.75) is 6.92 Å². The van der Waals surface area contributed by atoms with E-state index in [0.29, 0.717) is 22.0 Å². The molecule has 1 saturated heterocycles. The molecular weight excluding hydrogens is 384 g/mol. The minimum absolute atomic E-state index is 0.0438. The molecule has 1 heterocycles. The molecule has 142 valence electrons. The lowest BCUT2D eigenvalue weighted by atomic mass is 10.1. The molecule has 2 aromatic carbocycles. The standard InChI is InChI=1S/C20H21ClN2O3S/c1-14-12-15(20(25)23-8-10-27-11-9-23)2-7-18(14)22-19(24)13-26-17-5-3-16(21)4-6-17/h2-7,12H,8-11,13H2,1H3,(H,22,24). The van der Waals surface area contributed by atoms with Crippen molar-refractivity contribution >= 4 is 40.9 Å². The maximum Gasteiger partial charge on any atom is 0.262 e. The predicted octanol–water partition coefficient (Wildman–Crippen LogP) is 3.85. The number of rotatable bonds is 5. The van der Waals surface area contributed by atoms with E-state index in [4.69, 9.17) is 16.3 Å². The molecule has 0 atom stereocenters. The highest BCUT2D eigenvalue weighted by atomic mass is 35.5. The summed E-state index contributed by atoms with van der Waals surface area (Å²) in [4.78, 5) is 26.6. The highest BCUT2D eigenvalue weighted by molar-refractivity contribution is 7.99. The Bertz CT molecular complexity index is 820. The zero-order chi connectivity index (χ0) is 19.2. The Morgan fingerprint density at radius 1 is 1.15 bits per heavy atom. The van der Waals surface area contributed by atoms with Gasteiger partial charge in [-0.05, 0) is 55.0 Å². The van der Waals surface area contributed by atoms with Gasteiger partial charge < -0.3 is 15.0 Å². The number of aryl methyl sites for hydroxylation is 1. The summed E-state index contributed by atoms with van der Waals surface area (Å²) in [5, 5.41) is 3.43. The van der Waals surface area contributed by atoms with E-state index >= 15 is 0 Å². The Morgan fingerprint density at radius 2 is 1.85 bits per heavy atom. The Morgan fingerprint density at radius 3 is 2.52 bits per heavy atom. The minimum atomic E-state index is -0.264. The van der Waals surface area contributed by atoms with Gasteiger partial charge in [-0.2, -0.15) is 11.8 Å². The summed E-state index contributed by atoms with van der Waals surface area (Å²) in [6.07, 6.45) is 0. The van der Waals surface area contributed by atoms with E-state index in [-0.39, 0.29) is 18.4 Å². The van der Waals surface area contributed by atoms with Crippen molar-refractivity contribution in [3.8, 4) is 5.75 Å². The molecule has 0 saturated carbocycles. The average Bonchev–Trinajstić information content (AvgIpc) is 2.69. The van der Waals surface area contributed by atoms with Crippen molar-refractivity contribution < 1.29 is 14.3 Å². The molecule has 0 aliphatic carbocycles. The van der Waals surface area contributed by atoms with Gasteiger partial charge in [-0.1, -0.05) is 11.6 Å². The number of carbonyl (C=O) groups is 2. The molecule has 0 spiro atoms. The van der Waals surface area contributed by atoms with Crippen molar-refractivity contribution in [2.24, 2.45) is 0 Å². The van der Waals surface area contributed by atoms with Crippen molar-refractivity contribution in [1.82, 2.24) is 4.90 Å². The van der Waals surface area contributed by atoms with E-state index in [1.165, 1.54) is 0 Å². The van der Waals surface area contributed by atoms with Crippen LogP contribution in [0.2, 0.25) is 5.02 Å². The molecule has 1 aliphatic rings. The number of carbonyl (C=O) groups excluding carboxylic acids is 2. The summed E-state index contributed by atoms with van der Waals surface area (Å²) in [5.74, 6) is 2.31. The number of thioether (sulfide) groups is 1. The zero-order valence-corrected chi connectivity index (χ0v) is 16.6. The third-order valence-corrected chi connectivity index (χ3v) is 5.42. The fourth-order valence-electron chi connectivity index (χ4n) is 2.75. The Labute approximate surface area is 168 Å². The molecule has 0 radical (unpaired) electrons. The molecular formula is C20H21ClN2O3S. The van der Waals surface area contributed by atoms with Gasteiger partial charge in [-0.3, -0.25) is 9.59 Å². The number of amides is 2. The summed E-state index contributed by atoms with van der Waals surface area (Å²) in [5.41, 5.74) is 2.16. The first-order chi connectivity index (χ1) is 13.0. The van der Waals surface area contributed by atoms with Crippen molar-refractivity contribution in [1.29, 1.82) is 0 Å². The van der Waals surface area contributed by atoms with Crippen LogP contribution in [-0.4, -0.2) is 47.9 Å². The van der Waals surface area contributed by atoms with Crippen LogP contribution < -0.4 is 10.1 Å². The molecule has 2 aromatic rings. The van der Waals surface area contributed by atoms with Crippen LogP contribution in [0.1, 0.15) is 15.9 Å². The van der Waals surface area contributed by atoms with E-state index in [1.807, 2.05) is 29.7 Å². The highest BCUT2D eigenvalue weighted by Gasteiger charge is 2.19. The fourth-order valence-corrected chi connectivity index (χ4v) is 3.78. The zero-order valence-electron chi connectivity index (χ0n) is 15.0. The maximum absolute atomic E-state index is 12.6. The molecule has 3 rings (SSSR count). The molecule has 1 N–H and O–H groups in total. The van der Waals surface area contributed by atoms with Crippen LogP contribution in [0.15, 0.2) is 42.5 Å². The molecule has 1 fully saturated rings. The number of benzene rings is 2. The molecule has 0 bridgehead atoms. The quantitative estimate of drug-likeness (QED) is 0.822. The first-order valence-corrected chi connectivity index (χ1v) is 10.2. The van der Waals surface area contributed by atoms with Crippen LogP contribution in [0.25, 0.3) is 0 Å². The maximum atomic E-state index is 12.6. The summed E-state index contributed by atoms with van der Waals surface area (Å²) in [7, 11) is 0. The number of halogens is 1. The second kappa shape index (κ2) is 9.15. The van der Waals surface area contributed by atoms with Crippen LogP contribution in [0.5, 0.6) is 5.75 Å². The van der Waals surface area contributed by atoms with Gasteiger partial charge in [0.2, 0.25) is 0 Å². The van der Waals surface area contributed by atoms with Crippen molar-refractivity contribution in [3.05, 3.63) is 58.6 Å². The van der Waals surface area contributed by atoms with Gasteiger partial charge in [0.1, 0.15) is 5.75 Å². The van der Waals surface area contributed by atoms with Crippen LogP contribution in [-0.2, 0) is 4.79 Å². The van der Waals surface area contributed by atoms with E-state index in [1.54, 1.807) is 36.4 Å². The monoisotopic (exact) mass is 404 g/mol. The minimum Gasteiger partial charge on any atom is -0.484 e. The smallest absolute Gasteiger partial charge is 0.262 e. The van der Waals surface area contributed by atoms with Gasteiger partial charge in [-0.25, -0.2) is 0 Å². The largest absolute Gasteiger partial charge is 0.484 e. The Balaban J connectivity index is 1.57. The summed E-state index contributed by atoms with van der Waals surface area (Å²) >= 11 is 7.69. The number of nitrogens with zero attached hydrogens (tertiary/aromatic N) is 1. The molecule has 5 nitrogen and oxygen atoms in total. The molecule has 2 amide bonds. The summed E-state index contributed by atoms with van der Waals surface area (Å²) in [6, 6.07) is 12.2. The molecule has 27 heavy (non-hydrogen) atoms. The number of nitrogens with one attached hydrogen (secondary N) is 1. The predicted molar refractivity (Wildman–Crippen MR) is 110 cm³/mol. The van der Waals surface area contributed by atoms with Crippen molar-refractivity contribution in [2.75, 3.05) is 36.5 Å². The van der Waals surface area contributed by atoms with Crippen LogP contribution in [0.4, 0.5) is 5.69 Å². The molecule has 7 heteroatoms. The summed E-state index contributed by atoms with van der Waals surface area (Å²) < 4.78 is 5.44. The van der Waals surface area contributed by atoms with E-state index < -0.39 is 0 Å². The number of ether oxygens (including phenoxy) is 1. The lowest BCUT2D eigenvalue weighted by molar-refractivity contribution is -0.118. The second-order valence-corrected chi connectivity index (χ2v) is 7.89. The SMILES string of the molecule is Cc1cc(C(=O)N2CCSCC2)ccc1NC(=O)COc1ccc(Cl)cc1. The third-order valence-electron chi connectivity index (χ3n) is 4.23. The topological polar surface area (TPSA) is 58.6 Å². The van der Waals surface area contributed by atoms with Crippen molar-refractivity contribution in [3.63, 3.8) is 0 Å². The first-order valence-electron chi connectivity index (χ1n) is 8.69. The van der Waals surface area contributed by atoms with Crippen LogP contribution in [0.3, 0.4) is 0 Å². The Kier molecular flexibility index (Phi) is 6.63. The third kappa shape index (κ3) is 5.40. The average molecular weight is 405 g/mol. The lowest BCUT2D eigenvalue weighted by Gasteiger charge is -2.26. The fraction of sp³-hybridized carbons (Fsp3) is 0.300. The van der Waals surface area contributed by atoms with Gasteiger partial charge in [0, 0.05) is 40.9 Å². The van der Waals surface area contributed by atoms with E-state index in [2.05, 4.69) is 5.32 Å². The lowest BCUT2D eigenvalue weighted by Crippen LogP contribution is -2.37. The van der Waals surface area contributed by atoms with Crippen LogP contribution >= 0.6 is 23.4 Å². The number of hydrogen-bond donors (Lipinski definition) is 1. The molecule has 0 aromatic heterocycles. The summed E-state index contributed by atoms with van der Waals surface area (Å²) in [6.45, 7) is 3.33. The Hall–Kier alpha value is -2.18. The van der Waals surface area contributed by atoms with Gasteiger partial charge in [0.25, 0.3) is 11.8 Å². The molecule has 1 aliphatic heterocycles. The number of anilines is 1. The highest BCUT2D eigenvalue weighted by Crippen LogP contribution is 2.20. The molecule has 0 unspecified atom stereocenters. The van der Waals surface area contributed by atoms with Gasteiger partial charge >= 0.3 is 0 Å². The number of hydrogen-bond acceptors (Lipinski definition) is 4. The van der Waals surface area contributed by atoms with Gasteiger partial charge in [-0.15, -0.1) is 0 Å². The first kappa shape index (κ1) is 19.6. The van der Waals surface area contributed by atoms with Crippen LogP contribution in [0, 0.1) is 6.92 Å². The second-order valence-electron chi connectivity index (χ2n) is 6.23. The van der Waals surface area contributed by atoms with Gasteiger partial charge in [0.15, 0.2) is 6.61 Å². The normalized spacial score (nSPS) is 13.9.